The number of hydrogen-bond acceptors (Lipinski definition) is 3. The van der Waals surface area contributed by atoms with E-state index >= 15 is 0 Å². The maximum atomic E-state index is 12.5. The molecule has 0 aromatic heterocycles. The van der Waals surface area contributed by atoms with Crippen LogP contribution < -0.4 is 0 Å². The van der Waals surface area contributed by atoms with Crippen molar-refractivity contribution in [2.75, 3.05) is 18.1 Å². The number of amides is 1. The summed E-state index contributed by atoms with van der Waals surface area (Å²) in [5, 5.41) is 0. The number of allylic oxidation sites excluding steroid dienone is 3. The maximum absolute atomic E-state index is 12.5. The molecule has 2 saturated heterocycles. The van der Waals surface area contributed by atoms with Gasteiger partial charge in [-0.25, -0.2) is 0 Å². The minimum Gasteiger partial charge on any atom is -0.332 e. The van der Waals surface area contributed by atoms with Gasteiger partial charge in [0.2, 0.25) is 5.91 Å². The first-order valence-corrected chi connectivity index (χ1v) is 9.73. The van der Waals surface area contributed by atoms with Crippen molar-refractivity contribution in [2.45, 2.75) is 43.2 Å². The standard InChI is InChI=1S/C17H23NOS2/c1-3-4-5-7-14-13(2)16(19)18-9-8-17(12-15(14)18)20-10-6-11-21-17/h3-5,7,15H,6,8-12H2,1-2H3/b4-3-,7-5-. The first kappa shape index (κ1) is 15.3. The summed E-state index contributed by atoms with van der Waals surface area (Å²) in [6.07, 6.45) is 11.9. The van der Waals surface area contributed by atoms with E-state index in [9.17, 15) is 4.79 Å². The Kier molecular flexibility index (Phi) is 4.55. The summed E-state index contributed by atoms with van der Waals surface area (Å²) >= 11 is 4.27. The summed E-state index contributed by atoms with van der Waals surface area (Å²) in [6.45, 7) is 4.92. The molecule has 1 atom stereocenters. The smallest absolute Gasteiger partial charge is 0.250 e. The fourth-order valence-corrected chi connectivity index (χ4v) is 6.81. The Morgan fingerprint density at radius 2 is 2.05 bits per heavy atom. The van der Waals surface area contributed by atoms with Crippen molar-refractivity contribution < 1.29 is 4.79 Å². The van der Waals surface area contributed by atoms with E-state index in [0.717, 1.165) is 25.0 Å². The van der Waals surface area contributed by atoms with Crippen molar-refractivity contribution in [3.05, 3.63) is 35.5 Å². The minimum atomic E-state index is 0.251. The fraction of sp³-hybridized carbons (Fsp3) is 0.588. The van der Waals surface area contributed by atoms with Gasteiger partial charge in [0.15, 0.2) is 0 Å². The summed E-state index contributed by atoms with van der Waals surface area (Å²) in [5.41, 5.74) is 2.19. The van der Waals surface area contributed by atoms with Crippen LogP contribution in [0, 0.1) is 0 Å². The third kappa shape index (κ3) is 2.85. The van der Waals surface area contributed by atoms with Gasteiger partial charge in [-0.3, -0.25) is 4.79 Å². The largest absolute Gasteiger partial charge is 0.332 e. The number of rotatable bonds is 2. The van der Waals surface area contributed by atoms with Crippen molar-refractivity contribution in [2.24, 2.45) is 0 Å². The van der Waals surface area contributed by atoms with Gasteiger partial charge in [-0.1, -0.05) is 24.3 Å². The summed E-state index contributed by atoms with van der Waals surface area (Å²) < 4.78 is 0.351. The molecule has 3 aliphatic rings. The molecule has 0 aromatic rings. The van der Waals surface area contributed by atoms with Crippen LogP contribution in [0.4, 0.5) is 0 Å². The highest BCUT2D eigenvalue weighted by atomic mass is 32.2. The van der Waals surface area contributed by atoms with Crippen LogP contribution in [0.5, 0.6) is 0 Å². The van der Waals surface area contributed by atoms with Gasteiger partial charge in [-0.05, 0) is 50.2 Å². The van der Waals surface area contributed by atoms with Gasteiger partial charge < -0.3 is 4.90 Å². The van der Waals surface area contributed by atoms with E-state index in [1.54, 1.807) is 0 Å². The molecule has 0 saturated carbocycles. The summed E-state index contributed by atoms with van der Waals surface area (Å²) in [7, 11) is 0. The molecule has 2 nitrogen and oxygen atoms in total. The molecule has 3 heterocycles. The molecule has 21 heavy (non-hydrogen) atoms. The molecule has 114 valence electrons. The number of piperidine rings is 1. The monoisotopic (exact) mass is 321 g/mol. The highest BCUT2D eigenvalue weighted by Crippen LogP contribution is 2.52. The van der Waals surface area contributed by atoms with Crippen LogP contribution in [0.1, 0.15) is 33.1 Å². The van der Waals surface area contributed by atoms with Gasteiger partial charge in [0.1, 0.15) is 0 Å². The molecule has 0 aromatic carbocycles. The molecule has 0 N–H and O–H groups in total. The van der Waals surface area contributed by atoms with Gasteiger partial charge in [0.25, 0.3) is 0 Å². The Morgan fingerprint density at radius 3 is 2.76 bits per heavy atom. The number of fused-ring (bicyclic) bond motifs is 1. The quantitative estimate of drug-likeness (QED) is 0.717. The van der Waals surface area contributed by atoms with Crippen molar-refractivity contribution in [1.29, 1.82) is 0 Å². The molecule has 1 spiro atoms. The first-order valence-electron chi connectivity index (χ1n) is 7.76. The lowest BCUT2D eigenvalue weighted by atomic mass is 9.96. The topological polar surface area (TPSA) is 20.3 Å². The average molecular weight is 322 g/mol. The van der Waals surface area contributed by atoms with Crippen LogP contribution in [0.25, 0.3) is 0 Å². The molecule has 0 radical (unpaired) electrons. The van der Waals surface area contributed by atoms with Crippen molar-refractivity contribution in [3.8, 4) is 0 Å². The van der Waals surface area contributed by atoms with E-state index in [2.05, 4.69) is 40.6 Å². The number of carbonyl (C=O) groups is 1. The predicted molar refractivity (Wildman–Crippen MR) is 93.7 cm³/mol. The molecule has 0 bridgehead atoms. The van der Waals surface area contributed by atoms with E-state index in [1.807, 2.05) is 26.0 Å². The molecular formula is C17H23NOS2. The van der Waals surface area contributed by atoms with Crippen molar-refractivity contribution in [3.63, 3.8) is 0 Å². The number of hydrogen-bond donors (Lipinski definition) is 0. The van der Waals surface area contributed by atoms with E-state index in [4.69, 9.17) is 0 Å². The Labute approximate surface area is 136 Å². The van der Waals surface area contributed by atoms with Crippen molar-refractivity contribution in [1.82, 2.24) is 4.90 Å². The number of carbonyl (C=O) groups excluding carboxylic acids is 1. The average Bonchev–Trinajstić information content (AvgIpc) is 2.72. The third-order valence-electron chi connectivity index (χ3n) is 4.59. The number of nitrogens with zero attached hydrogens (tertiary/aromatic N) is 1. The zero-order chi connectivity index (χ0) is 14.9. The second-order valence-corrected chi connectivity index (χ2v) is 9.11. The van der Waals surface area contributed by atoms with Crippen LogP contribution in [-0.4, -0.2) is 39.0 Å². The lowest BCUT2D eigenvalue weighted by Gasteiger charge is -2.45. The molecule has 1 unspecified atom stereocenters. The van der Waals surface area contributed by atoms with Gasteiger partial charge in [0.05, 0.1) is 10.1 Å². The SMILES string of the molecule is C/C=C\C=C/C1=C(C)C(=O)N2CCC3(CC12)SCCCS3. The number of thioether (sulfide) groups is 2. The first-order chi connectivity index (χ1) is 10.2. The van der Waals surface area contributed by atoms with Crippen LogP contribution in [0.3, 0.4) is 0 Å². The van der Waals surface area contributed by atoms with Gasteiger partial charge in [-0.15, -0.1) is 23.5 Å². The van der Waals surface area contributed by atoms with Gasteiger partial charge in [0, 0.05) is 12.1 Å². The zero-order valence-electron chi connectivity index (χ0n) is 12.8. The molecular weight excluding hydrogens is 298 g/mol. The van der Waals surface area contributed by atoms with E-state index < -0.39 is 0 Å². The van der Waals surface area contributed by atoms with E-state index in [-0.39, 0.29) is 5.91 Å². The highest BCUT2D eigenvalue weighted by Gasteiger charge is 2.47. The third-order valence-corrected chi connectivity index (χ3v) is 8.07. The molecule has 4 heteroatoms. The molecule has 1 amide bonds. The zero-order valence-corrected chi connectivity index (χ0v) is 14.4. The second-order valence-electron chi connectivity index (χ2n) is 5.89. The Morgan fingerprint density at radius 1 is 1.29 bits per heavy atom. The lowest BCUT2D eigenvalue weighted by Crippen LogP contribution is -2.48. The molecule has 2 fully saturated rings. The molecule has 3 rings (SSSR count). The predicted octanol–water partition coefficient (Wildman–Crippen LogP) is 4.01. The van der Waals surface area contributed by atoms with Crippen molar-refractivity contribution >= 4 is 29.4 Å². The molecule has 3 aliphatic heterocycles. The Hall–Kier alpha value is -0.610. The summed E-state index contributed by atoms with van der Waals surface area (Å²) in [4.78, 5) is 14.6. The maximum Gasteiger partial charge on any atom is 0.250 e. The van der Waals surface area contributed by atoms with Gasteiger partial charge >= 0.3 is 0 Å². The summed E-state index contributed by atoms with van der Waals surface area (Å²) in [5.74, 6) is 2.81. The minimum absolute atomic E-state index is 0.251. The van der Waals surface area contributed by atoms with Crippen LogP contribution in [0.2, 0.25) is 0 Å². The second kappa shape index (κ2) is 6.25. The summed E-state index contributed by atoms with van der Waals surface area (Å²) in [6, 6.07) is 0.297. The normalized spacial score (nSPS) is 29.1. The molecule has 0 aliphatic carbocycles. The van der Waals surface area contributed by atoms with E-state index in [0.29, 0.717) is 10.1 Å². The highest BCUT2D eigenvalue weighted by molar-refractivity contribution is 8.18. The van der Waals surface area contributed by atoms with Crippen LogP contribution in [-0.2, 0) is 4.79 Å². The van der Waals surface area contributed by atoms with Gasteiger partial charge in [-0.2, -0.15) is 0 Å². The lowest BCUT2D eigenvalue weighted by molar-refractivity contribution is -0.127. The van der Waals surface area contributed by atoms with E-state index in [1.165, 1.54) is 23.5 Å². The van der Waals surface area contributed by atoms with Crippen LogP contribution >= 0.6 is 23.5 Å². The van der Waals surface area contributed by atoms with Crippen LogP contribution in [0.15, 0.2) is 35.5 Å². The Bertz CT molecular complexity index is 515. The Balaban J connectivity index is 1.84. The fourth-order valence-electron chi connectivity index (χ4n) is 3.45.